The van der Waals surface area contributed by atoms with Gasteiger partial charge in [-0.1, -0.05) is 37.3 Å². The standard InChI is InChI=1S/C18H30N2O/c1-3-20-11-7-10-17(13-20)15(2)19-18(14-21)12-16-8-5-4-6-9-16/h4-6,8-9,15,17-19,21H,3,7,10-14H2,1-2H3/t15?,17?,18-/m1/s1. The largest absolute Gasteiger partial charge is 0.395 e. The van der Waals surface area contributed by atoms with Crippen molar-refractivity contribution in [2.45, 2.75) is 45.2 Å². The van der Waals surface area contributed by atoms with E-state index in [1.165, 1.54) is 31.5 Å². The lowest BCUT2D eigenvalue weighted by atomic mass is 9.90. The first-order chi connectivity index (χ1) is 10.2. The van der Waals surface area contributed by atoms with Crippen molar-refractivity contribution in [2.75, 3.05) is 26.2 Å². The summed E-state index contributed by atoms with van der Waals surface area (Å²) in [6.07, 6.45) is 3.49. The molecule has 0 radical (unpaired) electrons. The summed E-state index contributed by atoms with van der Waals surface area (Å²) in [4.78, 5) is 2.54. The summed E-state index contributed by atoms with van der Waals surface area (Å²) in [6.45, 7) is 8.30. The molecule has 1 aliphatic rings. The highest BCUT2D eigenvalue weighted by molar-refractivity contribution is 5.16. The number of hydrogen-bond acceptors (Lipinski definition) is 3. The van der Waals surface area contributed by atoms with Crippen molar-refractivity contribution >= 4 is 0 Å². The van der Waals surface area contributed by atoms with Crippen LogP contribution >= 0.6 is 0 Å². The minimum atomic E-state index is 0.152. The van der Waals surface area contributed by atoms with Gasteiger partial charge in [0.1, 0.15) is 0 Å². The predicted molar refractivity (Wildman–Crippen MR) is 88.5 cm³/mol. The second kappa shape index (κ2) is 8.52. The van der Waals surface area contributed by atoms with Gasteiger partial charge in [0.2, 0.25) is 0 Å². The molecule has 1 fully saturated rings. The summed E-state index contributed by atoms with van der Waals surface area (Å²) in [7, 11) is 0. The smallest absolute Gasteiger partial charge is 0.0587 e. The van der Waals surface area contributed by atoms with Gasteiger partial charge in [-0.25, -0.2) is 0 Å². The number of hydrogen-bond donors (Lipinski definition) is 2. The Morgan fingerprint density at radius 1 is 1.33 bits per heavy atom. The Hall–Kier alpha value is -0.900. The van der Waals surface area contributed by atoms with Crippen LogP contribution in [0, 0.1) is 5.92 Å². The Morgan fingerprint density at radius 2 is 2.10 bits per heavy atom. The Morgan fingerprint density at radius 3 is 2.76 bits per heavy atom. The highest BCUT2D eigenvalue weighted by Crippen LogP contribution is 2.20. The molecule has 2 rings (SSSR count). The van der Waals surface area contributed by atoms with Crippen LogP contribution < -0.4 is 5.32 Å². The molecule has 118 valence electrons. The van der Waals surface area contributed by atoms with E-state index < -0.39 is 0 Å². The first kappa shape index (κ1) is 16.5. The molecule has 2 unspecified atom stereocenters. The predicted octanol–water partition coefficient (Wildman–Crippen LogP) is 2.30. The molecule has 1 saturated heterocycles. The molecule has 0 bridgehead atoms. The van der Waals surface area contributed by atoms with Gasteiger partial charge in [-0.2, -0.15) is 0 Å². The molecule has 0 aliphatic carbocycles. The maximum atomic E-state index is 9.66. The quantitative estimate of drug-likeness (QED) is 0.809. The molecular formula is C18H30N2O. The second-order valence-corrected chi connectivity index (χ2v) is 6.32. The molecule has 0 saturated carbocycles. The van der Waals surface area contributed by atoms with Gasteiger partial charge in [0, 0.05) is 18.6 Å². The van der Waals surface area contributed by atoms with Crippen LogP contribution in [0.25, 0.3) is 0 Å². The van der Waals surface area contributed by atoms with E-state index in [-0.39, 0.29) is 12.6 Å². The van der Waals surface area contributed by atoms with E-state index in [0.717, 1.165) is 13.0 Å². The number of nitrogens with zero attached hydrogens (tertiary/aromatic N) is 1. The fourth-order valence-corrected chi connectivity index (χ4v) is 3.37. The van der Waals surface area contributed by atoms with E-state index in [2.05, 4.69) is 48.3 Å². The normalized spacial score (nSPS) is 22.9. The fourth-order valence-electron chi connectivity index (χ4n) is 3.37. The third kappa shape index (κ3) is 5.10. The van der Waals surface area contributed by atoms with E-state index in [4.69, 9.17) is 0 Å². The van der Waals surface area contributed by atoms with E-state index >= 15 is 0 Å². The summed E-state index contributed by atoms with van der Waals surface area (Å²) in [5.41, 5.74) is 1.29. The summed E-state index contributed by atoms with van der Waals surface area (Å²) in [5.74, 6) is 0.698. The summed E-state index contributed by atoms with van der Waals surface area (Å²) >= 11 is 0. The monoisotopic (exact) mass is 290 g/mol. The number of nitrogens with one attached hydrogen (secondary N) is 1. The molecule has 1 aromatic rings. The first-order valence-corrected chi connectivity index (χ1v) is 8.36. The third-order valence-corrected chi connectivity index (χ3v) is 4.74. The van der Waals surface area contributed by atoms with E-state index in [1.54, 1.807) is 0 Å². The third-order valence-electron chi connectivity index (χ3n) is 4.74. The lowest BCUT2D eigenvalue weighted by Crippen LogP contribution is -2.49. The molecule has 1 aliphatic heterocycles. The van der Waals surface area contributed by atoms with Crippen LogP contribution in [0.15, 0.2) is 30.3 Å². The Labute approximate surface area is 129 Å². The van der Waals surface area contributed by atoms with Crippen LogP contribution in [0.3, 0.4) is 0 Å². The lowest BCUT2D eigenvalue weighted by Gasteiger charge is -2.36. The van der Waals surface area contributed by atoms with Gasteiger partial charge >= 0.3 is 0 Å². The molecule has 21 heavy (non-hydrogen) atoms. The topological polar surface area (TPSA) is 35.5 Å². The molecule has 3 heteroatoms. The number of aliphatic hydroxyl groups excluding tert-OH is 1. The molecule has 2 N–H and O–H groups in total. The van der Waals surface area contributed by atoms with Crippen LogP contribution in [0.5, 0.6) is 0 Å². The number of benzene rings is 1. The number of likely N-dealkylation sites (tertiary alicyclic amines) is 1. The minimum Gasteiger partial charge on any atom is -0.395 e. The Kier molecular flexibility index (Phi) is 6.68. The van der Waals surface area contributed by atoms with Crippen molar-refractivity contribution in [1.29, 1.82) is 0 Å². The van der Waals surface area contributed by atoms with Crippen LogP contribution in [0.2, 0.25) is 0 Å². The zero-order valence-electron chi connectivity index (χ0n) is 13.5. The average molecular weight is 290 g/mol. The lowest BCUT2D eigenvalue weighted by molar-refractivity contribution is 0.143. The zero-order valence-corrected chi connectivity index (χ0v) is 13.5. The molecule has 1 heterocycles. The minimum absolute atomic E-state index is 0.152. The Bertz CT molecular complexity index is 395. The highest BCUT2D eigenvalue weighted by Gasteiger charge is 2.25. The van der Waals surface area contributed by atoms with Gasteiger partial charge in [0.25, 0.3) is 0 Å². The summed E-state index contributed by atoms with van der Waals surface area (Å²) < 4.78 is 0. The van der Waals surface area contributed by atoms with Gasteiger partial charge < -0.3 is 15.3 Å². The first-order valence-electron chi connectivity index (χ1n) is 8.36. The maximum Gasteiger partial charge on any atom is 0.0587 e. The van der Waals surface area contributed by atoms with Gasteiger partial charge in [0.05, 0.1) is 6.61 Å². The highest BCUT2D eigenvalue weighted by atomic mass is 16.3. The molecule has 3 atom stereocenters. The van der Waals surface area contributed by atoms with Gasteiger partial charge in [-0.3, -0.25) is 0 Å². The van der Waals surface area contributed by atoms with Crippen molar-refractivity contribution in [2.24, 2.45) is 5.92 Å². The molecule has 0 aromatic heterocycles. The molecule has 1 aromatic carbocycles. The van der Waals surface area contributed by atoms with E-state index in [0.29, 0.717) is 12.0 Å². The van der Waals surface area contributed by atoms with Crippen molar-refractivity contribution in [3.8, 4) is 0 Å². The van der Waals surface area contributed by atoms with E-state index in [9.17, 15) is 5.11 Å². The van der Waals surface area contributed by atoms with Crippen molar-refractivity contribution in [1.82, 2.24) is 10.2 Å². The van der Waals surface area contributed by atoms with E-state index in [1.807, 2.05) is 6.07 Å². The van der Waals surface area contributed by atoms with Crippen LogP contribution in [0.1, 0.15) is 32.3 Å². The van der Waals surface area contributed by atoms with Crippen molar-refractivity contribution < 1.29 is 5.11 Å². The van der Waals surface area contributed by atoms with Gasteiger partial charge in [0.15, 0.2) is 0 Å². The second-order valence-electron chi connectivity index (χ2n) is 6.32. The summed E-state index contributed by atoms with van der Waals surface area (Å²) in [5, 5.41) is 13.3. The zero-order chi connectivity index (χ0) is 15.1. The van der Waals surface area contributed by atoms with Crippen LogP contribution in [0.4, 0.5) is 0 Å². The van der Waals surface area contributed by atoms with Crippen molar-refractivity contribution in [3.05, 3.63) is 35.9 Å². The average Bonchev–Trinajstić information content (AvgIpc) is 2.55. The van der Waals surface area contributed by atoms with Gasteiger partial charge in [-0.05, 0) is 50.8 Å². The molecule has 3 nitrogen and oxygen atoms in total. The number of piperidine rings is 1. The van der Waals surface area contributed by atoms with Crippen LogP contribution in [-0.4, -0.2) is 48.3 Å². The number of aliphatic hydroxyl groups is 1. The Balaban J connectivity index is 1.85. The molecule has 0 amide bonds. The van der Waals surface area contributed by atoms with Crippen LogP contribution in [-0.2, 0) is 6.42 Å². The van der Waals surface area contributed by atoms with Gasteiger partial charge in [-0.15, -0.1) is 0 Å². The van der Waals surface area contributed by atoms with Crippen molar-refractivity contribution in [3.63, 3.8) is 0 Å². The molecule has 0 spiro atoms. The maximum absolute atomic E-state index is 9.66. The SMILES string of the molecule is CCN1CCCC(C(C)N[C@@H](CO)Cc2ccccc2)C1. The summed E-state index contributed by atoms with van der Waals surface area (Å²) in [6, 6.07) is 11.0. The number of rotatable bonds is 7. The fraction of sp³-hybridized carbons (Fsp3) is 0.667. The molecular weight excluding hydrogens is 260 g/mol.